The van der Waals surface area contributed by atoms with Gasteiger partial charge < -0.3 is 24.4 Å². The number of nitrogens with one attached hydrogen (secondary N) is 1. The van der Waals surface area contributed by atoms with Gasteiger partial charge >= 0.3 is 6.03 Å². The minimum absolute atomic E-state index is 0.0310. The molecule has 1 fully saturated rings. The zero-order valence-corrected chi connectivity index (χ0v) is 17.3. The van der Waals surface area contributed by atoms with E-state index in [-0.39, 0.29) is 18.2 Å². The van der Waals surface area contributed by atoms with Crippen LogP contribution in [-0.2, 0) is 4.74 Å². The lowest BCUT2D eigenvalue weighted by atomic mass is 10.1. The summed E-state index contributed by atoms with van der Waals surface area (Å²) in [5, 5.41) is 3.08. The number of piperidine rings is 1. The summed E-state index contributed by atoms with van der Waals surface area (Å²) in [6.45, 7) is 11.0. The van der Waals surface area contributed by atoms with Crippen molar-refractivity contribution in [2.75, 3.05) is 33.4 Å². The maximum absolute atomic E-state index is 12.6. The Morgan fingerprint density at radius 1 is 1.22 bits per heavy atom. The number of hydrogen-bond acceptors (Lipinski definition) is 4. The molecule has 27 heavy (non-hydrogen) atoms. The zero-order chi connectivity index (χ0) is 19.8. The van der Waals surface area contributed by atoms with Crippen molar-refractivity contribution in [1.82, 2.24) is 10.2 Å². The number of carbonyl (C=O) groups excluding carboxylic acids is 1. The van der Waals surface area contributed by atoms with Gasteiger partial charge in [-0.05, 0) is 50.3 Å². The van der Waals surface area contributed by atoms with Crippen LogP contribution in [0.3, 0.4) is 0 Å². The van der Waals surface area contributed by atoms with Crippen LogP contribution in [0.5, 0.6) is 11.5 Å². The highest BCUT2D eigenvalue weighted by Crippen LogP contribution is 2.30. The summed E-state index contributed by atoms with van der Waals surface area (Å²) in [6, 6.07) is 5.67. The second-order valence-electron chi connectivity index (χ2n) is 7.43. The molecule has 0 aromatic heterocycles. The molecule has 2 amide bonds. The molecule has 152 valence electrons. The number of ether oxygens (including phenoxy) is 3. The summed E-state index contributed by atoms with van der Waals surface area (Å²) in [4.78, 5) is 14.4. The van der Waals surface area contributed by atoms with E-state index in [0.717, 1.165) is 43.9 Å². The Hall–Kier alpha value is -1.95. The van der Waals surface area contributed by atoms with E-state index in [1.165, 1.54) is 0 Å². The molecule has 0 bridgehead atoms. The summed E-state index contributed by atoms with van der Waals surface area (Å²) >= 11 is 0. The summed E-state index contributed by atoms with van der Waals surface area (Å²) in [5.74, 6) is 1.86. The zero-order valence-electron chi connectivity index (χ0n) is 17.3. The van der Waals surface area contributed by atoms with E-state index in [1.54, 1.807) is 7.11 Å². The molecule has 1 N–H and O–H groups in total. The van der Waals surface area contributed by atoms with Crippen molar-refractivity contribution in [2.45, 2.75) is 52.7 Å². The highest BCUT2D eigenvalue weighted by atomic mass is 16.5. The van der Waals surface area contributed by atoms with Gasteiger partial charge in [-0.15, -0.1) is 0 Å². The first-order valence-corrected chi connectivity index (χ1v) is 9.92. The second-order valence-corrected chi connectivity index (χ2v) is 7.43. The molecule has 1 aromatic rings. The number of rotatable bonds is 8. The Bertz CT molecular complexity index is 598. The number of methoxy groups -OCH3 is 1. The lowest BCUT2D eigenvalue weighted by molar-refractivity contribution is 0.0218. The first-order chi connectivity index (χ1) is 12.9. The topological polar surface area (TPSA) is 60.0 Å². The van der Waals surface area contributed by atoms with Gasteiger partial charge in [0.25, 0.3) is 0 Å². The molecule has 6 nitrogen and oxygen atoms in total. The van der Waals surface area contributed by atoms with Crippen molar-refractivity contribution in [3.8, 4) is 11.5 Å². The number of hydrogen-bond donors (Lipinski definition) is 1. The van der Waals surface area contributed by atoms with Crippen LogP contribution in [0.2, 0.25) is 0 Å². The van der Waals surface area contributed by atoms with E-state index in [4.69, 9.17) is 14.2 Å². The van der Waals surface area contributed by atoms with Gasteiger partial charge in [-0.1, -0.05) is 19.9 Å². The fourth-order valence-corrected chi connectivity index (χ4v) is 3.15. The first kappa shape index (κ1) is 21.4. The van der Waals surface area contributed by atoms with Crippen molar-refractivity contribution >= 4 is 6.03 Å². The summed E-state index contributed by atoms with van der Waals surface area (Å²) in [6.07, 6.45) is 2.07. The van der Waals surface area contributed by atoms with Crippen molar-refractivity contribution in [3.05, 3.63) is 23.8 Å². The molecule has 1 heterocycles. The molecular weight excluding hydrogens is 344 g/mol. The molecular formula is C21H34N2O4. The van der Waals surface area contributed by atoms with Crippen molar-refractivity contribution in [3.63, 3.8) is 0 Å². The highest BCUT2D eigenvalue weighted by molar-refractivity contribution is 5.74. The van der Waals surface area contributed by atoms with Gasteiger partial charge in [0.15, 0.2) is 11.5 Å². The Labute approximate surface area is 163 Å². The molecule has 0 aliphatic carbocycles. The lowest BCUT2D eigenvalue weighted by Crippen LogP contribution is -2.46. The highest BCUT2D eigenvalue weighted by Gasteiger charge is 2.24. The monoisotopic (exact) mass is 378 g/mol. The number of benzene rings is 1. The van der Waals surface area contributed by atoms with Crippen molar-refractivity contribution < 1.29 is 19.0 Å². The van der Waals surface area contributed by atoms with E-state index in [9.17, 15) is 4.79 Å². The number of carbonyl (C=O) groups is 1. The number of urea groups is 1. The van der Waals surface area contributed by atoms with Gasteiger partial charge in [0.2, 0.25) is 0 Å². The predicted octanol–water partition coefficient (Wildman–Crippen LogP) is 4.00. The van der Waals surface area contributed by atoms with E-state index in [1.807, 2.05) is 36.9 Å². The smallest absolute Gasteiger partial charge is 0.317 e. The molecule has 6 heteroatoms. The van der Waals surface area contributed by atoms with Crippen LogP contribution in [0.15, 0.2) is 18.2 Å². The average molecular weight is 379 g/mol. The molecule has 0 radical (unpaired) electrons. The molecule has 1 aliphatic rings. The van der Waals surface area contributed by atoms with Crippen LogP contribution in [0.1, 0.15) is 52.1 Å². The van der Waals surface area contributed by atoms with Crippen molar-refractivity contribution in [2.24, 2.45) is 5.92 Å². The molecule has 1 aromatic carbocycles. The number of amides is 2. The van der Waals surface area contributed by atoms with Crippen LogP contribution in [-0.4, -0.2) is 50.4 Å². The van der Waals surface area contributed by atoms with Crippen LogP contribution in [0.4, 0.5) is 4.79 Å². The van der Waals surface area contributed by atoms with Gasteiger partial charge in [-0.25, -0.2) is 4.79 Å². The standard InChI is InChI=1S/C21H34N2O4/c1-6-26-18-9-11-23(12-10-18)21(24)22-16(4)17-7-8-19(20(13-17)25-5)27-14-15(2)3/h7-8,13,15-16,18H,6,9-12,14H2,1-5H3,(H,22,24)/t16-/m0/s1. The van der Waals surface area contributed by atoms with Crippen LogP contribution < -0.4 is 14.8 Å². The van der Waals surface area contributed by atoms with Crippen LogP contribution >= 0.6 is 0 Å². The Morgan fingerprint density at radius 3 is 2.52 bits per heavy atom. The normalized spacial score (nSPS) is 16.3. The maximum atomic E-state index is 12.6. The quantitative estimate of drug-likeness (QED) is 0.743. The van der Waals surface area contributed by atoms with E-state index >= 15 is 0 Å². The van der Waals surface area contributed by atoms with E-state index in [2.05, 4.69) is 19.2 Å². The van der Waals surface area contributed by atoms with Gasteiger partial charge in [-0.2, -0.15) is 0 Å². The summed E-state index contributed by atoms with van der Waals surface area (Å²) in [7, 11) is 1.63. The second kappa shape index (κ2) is 10.4. The fraction of sp³-hybridized carbons (Fsp3) is 0.667. The SMILES string of the molecule is CCOC1CCN(C(=O)N[C@@H](C)c2ccc(OCC(C)C)c(OC)c2)CC1. The average Bonchev–Trinajstić information content (AvgIpc) is 2.66. The Morgan fingerprint density at radius 2 is 1.93 bits per heavy atom. The van der Waals surface area contributed by atoms with Gasteiger partial charge in [0.05, 0.1) is 25.9 Å². The molecule has 1 aliphatic heterocycles. The van der Waals surface area contributed by atoms with E-state index in [0.29, 0.717) is 18.3 Å². The fourth-order valence-electron chi connectivity index (χ4n) is 3.15. The van der Waals surface area contributed by atoms with Crippen molar-refractivity contribution in [1.29, 1.82) is 0 Å². The third-order valence-corrected chi connectivity index (χ3v) is 4.73. The van der Waals surface area contributed by atoms with Gasteiger partial charge in [0.1, 0.15) is 0 Å². The first-order valence-electron chi connectivity index (χ1n) is 9.92. The van der Waals surface area contributed by atoms with E-state index < -0.39 is 0 Å². The van der Waals surface area contributed by atoms with Gasteiger partial charge in [-0.3, -0.25) is 0 Å². The van der Waals surface area contributed by atoms with Gasteiger partial charge in [0, 0.05) is 19.7 Å². The molecule has 2 rings (SSSR count). The molecule has 0 spiro atoms. The molecule has 0 unspecified atom stereocenters. The molecule has 0 saturated carbocycles. The number of likely N-dealkylation sites (tertiary alicyclic amines) is 1. The third kappa shape index (κ3) is 6.31. The van der Waals surface area contributed by atoms with Crippen LogP contribution in [0.25, 0.3) is 0 Å². The predicted molar refractivity (Wildman–Crippen MR) is 106 cm³/mol. The summed E-state index contributed by atoms with van der Waals surface area (Å²) < 4.78 is 16.9. The minimum atomic E-state index is -0.116. The molecule has 1 atom stereocenters. The minimum Gasteiger partial charge on any atom is -0.493 e. The Kier molecular flexibility index (Phi) is 8.23. The maximum Gasteiger partial charge on any atom is 0.317 e. The molecule has 1 saturated heterocycles. The Balaban J connectivity index is 1.93. The summed E-state index contributed by atoms with van der Waals surface area (Å²) in [5.41, 5.74) is 0.987. The number of nitrogens with zero attached hydrogens (tertiary/aromatic N) is 1. The lowest BCUT2D eigenvalue weighted by Gasteiger charge is -2.32. The largest absolute Gasteiger partial charge is 0.493 e. The van der Waals surface area contributed by atoms with Crippen LogP contribution in [0, 0.1) is 5.92 Å². The third-order valence-electron chi connectivity index (χ3n) is 4.73.